The number of amides is 1. The summed E-state index contributed by atoms with van der Waals surface area (Å²) < 4.78 is 13.5. The number of likely N-dealkylation sites (tertiary alicyclic amines) is 1. The Balaban J connectivity index is 1.47. The molecule has 1 amide bonds. The molecule has 3 rings (SSSR count). The predicted molar refractivity (Wildman–Crippen MR) is 93.4 cm³/mol. The van der Waals surface area contributed by atoms with Gasteiger partial charge in [-0.1, -0.05) is 11.6 Å². The minimum Gasteiger partial charge on any atom is -0.354 e. The van der Waals surface area contributed by atoms with E-state index in [-0.39, 0.29) is 17.8 Å². The van der Waals surface area contributed by atoms with Crippen molar-refractivity contribution in [2.45, 2.75) is 38.3 Å². The molecule has 2 aliphatic rings. The highest BCUT2D eigenvalue weighted by Gasteiger charge is 2.24. The number of carbonyl (C=O) groups is 1. The van der Waals surface area contributed by atoms with E-state index < -0.39 is 0 Å². The molecular formula is C18H25ClFN3O. The maximum absolute atomic E-state index is 13.5. The normalized spacial score (nSPS) is 24.9. The van der Waals surface area contributed by atoms with Crippen LogP contribution in [0.1, 0.15) is 31.2 Å². The monoisotopic (exact) mass is 353 g/mol. The van der Waals surface area contributed by atoms with Gasteiger partial charge in [0, 0.05) is 24.7 Å². The number of nitrogens with zero attached hydrogens (tertiary/aromatic N) is 1. The van der Waals surface area contributed by atoms with Gasteiger partial charge in [-0.2, -0.15) is 0 Å². The minimum absolute atomic E-state index is 0.0147. The van der Waals surface area contributed by atoms with Crippen LogP contribution >= 0.6 is 11.6 Å². The zero-order valence-corrected chi connectivity index (χ0v) is 14.6. The van der Waals surface area contributed by atoms with Gasteiger partial charge in [0.25, 0.3) is 0 Å². The molecule has 0 aliphatic carbocycles. The summed E-state index contributed by atoms with van der Waals surface area (Å²) in [6.45, 7) is 4.28. The van der Waals surface area contributed by atoms with E-state index in [4.69, 9.17) is 11.6 Å². The summed E-state index contributed by atoms with van der Waals surface area (Å²) in [6.07, 6.45) is 4.23. The summed E-state index contributed by atoms with van der Waals surface area (Å²) in [5.74, 6) is 0.289. The molecule has 0 radical (unpaired) electrons. The third-order valence-electron chi connectivity index (χ3n) is 4.87. The smallest absolute Gasteiger partial charge is 0.237 e. The number of hydrogen-bond acceptors (Lipinski definition) is 3. The molecule has 2 N–H and O–H groups in total. The molecule has 132 valence electrons. The van der Waals surface area contributed by atoms with Crippen LogP contribution in [0.4, 0.5) is 4.39 Å². The fourth-order valence-corrected chi connectivity index (χ4v) is 3.94. The van der Waals surface area contributed by atoms with Gasteiger partial charge in [-0.3, -0.25) is 9.69 Å². The Kier molecular flexibility index (Phi) is 6.09. The molecule has 2 fully saturated rings. The molecular weight excluding hydrogens is 329 g/mol. The quantitative estimate of drug-likeness (QED) is 0.855. The Bertz CT molecular complexity index is 557. The van der Waals surface area contributed by atoms with Gasteiger partial charge in [0.1, 0.15) is 5.82 Å². The molecule has 2 unspecified atom stereocenters. The van der Waals surface area contributed by atoms with E-state index in [0.29, 0.717) is 17.5 Å². The van der Waals surface area contributed by atoms with Crippen molar-refractivity contribution in [3.05, 3.63) is 34.6 Å². The van der Waals surface area contributed by atoms with E-state index in [1.54, 1.807) is 6.07 Å². The van der Waals surface area contributed by atoms with Crippen molar-refractivity contribution in [1.82, 2.24) is 15.5 Å². The Morgan fingerprint density at radius 2 is 2.21 bits per heavy atom. The van der Waals surface area contributed by atoms with E-state index in [9.17, 15) is 9.18 Å². The second kappa shape index (κ2) is 8.28. The number of benzene rings is 1. The molecule has 2 aliphatic heterocycles. The van der Waals surface area contributed by atoms with Crippen molar-refractivity contribution in [2.24, 2.45) is 5.92 Å². The van der Waals surface area contributed by atoms with Crippen LogP contribution in [0.5, 0.6) is 0 Å². The molecule has 24 heavy (non-hydrogen) atoms. The second-order valence-corrected chi connectivity index (χ2v) is 7.35. The lowest BCUT2D eigenvalue weighted by molar-refractivity contribution is -0.123. The molecule has 4 nitrogen and oxygen atoms in total. The van der Waals surface area contributed by atoms with E-state index in [1.807, 2.05) is 6.07 Å². The zero-order chi connectivity index (χ0) is 16.9. The largest absolute Gasteiger partial charge is 0.354 e. The summed E-state index contributed by atoms with van der Waals surface area (Å²) in [4.78, 5) is 14.4. The molecule has 0 spiro atoms. The van der Waals surface area contributed by atoms with Crippen molar-refractivity contribution in [3.8, 4) is 0 Å². The molecule has 0 saturated carbocycles. The average Bonchev–Trinajstić information content (AvgIpc) is 3.06. The van der Waals surface area contributed by atoms with Gasteiger partial charge in [-0.25, -0.2) is 4.39 Å². The molecule has 2 atom stereocenters. The van der Waals surface area contributed by atoms with Crippen LogP contribution in [0.2, 0.25) is 5.02 Å². The van der Waals surface area contributed by atoms with Gasteiger partial charge in [0.15, 0.2) is 0 Å². The fourth-order valence-electron chi connectivity index (χ4n) is 3.70. The molecule has 0 aromatic heterocycles. The highest BCUT2D eigenvalue weighted by Crippen LogP contribution is 2.20. The van der Waals surface area contributed by atoms with Gasteiger partial charge in [-0.15, -0.1) is 0 Å². The first-order chi connectivity index (χ1) is 11.6. The SMILES string of the molecule is O=C(NCC1CCCN(Cc2cc(F)cc(Cl)c2)C1)C1CCCN1. The van der Waals surface area contributed by atoms with Crippen LogP contribution < -0.4 is 10.6 Å². The summed E-state index contributed by atoms with van der Waals surface area (Å²) in [5, 5.41) is 6.75. The number of carbonyl (C=O) groups excluding carboxylic acids is 1. The van der Waals surface area contributed by atoms with E-state index >= 15 is 0 Å². The van der Waals surface area contributed by atoms with Gasteiger partial charge in [-0.05, 0) is 68.5 Å². The van der Waals surface area contributed by atoms with Crippen molar-refractivity contribution in [1.29, 1.82) is 0 Å². The maximum atomic E-state index is 13.5. The van der Waals surface area contributed by atoms with Crippen molar-refractivity contribution >= 4 is 17.5 Å². The first kappa shape index (κ1) is 17.6. The lowest BCUT2D eigenvalue weighted by atomic mass is 9.97. The van der Waals surface area contributed by atoms with Crippen molar-refractivity contribution in [2.75, 3.05) is 26.2 Å². The van der Waals surface area contributed by atoms with Gasteiger partial charge >= 0.3 is 0 Å². The Labute approximate surface area is 147 Å². The first-order valence-corrected chi connectivity index (χ1v) is 9.16. The summed E-state index contributed by atoms with van der Waals surface area (Å²) in [7, 11) is 0. The van der Waals surface area contributed by atoms with E-state index in [2.05, 4.69) is 15.5 Å². The number of piperidine rings is 1. The summed E-state index contributed by atoms with van der Waals surface area (Å²) in [5.41, 5.74) is 0.903. The van der Waals surface area contributed by atoms with Crippen LogP contribution in [-0.2, 0) is 11.3 Å². The number of hydrogen-bond donors (Lipinski definition) is 2. The van der Waals surface area contributed by atoms with Crippen LogP contribution in [0.25, 0.3) is 0 Å². The van der Waals surface area contributed by atoms with Crippen LogP contribution in [0, 0.1) is 11.7 Å². The number of halogens is 2. The molecule has 1 aromatic carbocycles. The number of nitrogens with one attached hydrogen (secondary N) is 2. The Morgan fingerprint density at radius 3 is 2.96 bits per heavy atom. The first-order valence-electron chi connectivity index (χ1n) is 8.78. The van der Waals surface area contributed by atoms with E-state index in [1.165, 1.54) is 6.07 Å². The van der Waals surface area contributed by atoms with Crippen LogP contribution in [0.3, 0.4) is 0 Å². The van der Waals surface area contributed by atoms with Crippen LogP contribution in [0.15, 0.2) is 18.2 Å². The third kappa shape index (κ3) is 4.91. The zero-order valence-electron chi connectivity index (χ0n) is 13.9. The molecule has 2 saturated heterocycles. The Hall–Kier alpha value is -1.17. The van der Waals surface area contributed by atoms with Crippen molar-refractivity contribution in [3.63, 3.8) is 0 Å². The summed E-state index contributed by atoms with van der Waals surface area (Å²) in [6, 6.07) is 4.68. The minimum atomic E-state index is -0.289. The molecule has 6 heteroatoms. The standard InChI is InChI=1S/C18H25ClFN3O/c19-15-7-14(8-16(20)9-15)12-23-6-2-3-13(11-23)10-22-18(24)17-4-1-5-21-17/h7-9,13,17,21H,1-6,10-12H2,(H,22,24). The highest BCUT2D eigenvalue weighted by molar-refractivity contribution is 6.30. The van der Waals surface area contributed by atoms with Gasteiger partial charge in [0.05, 0.1) is 6.04 Å². The van der Waals surface area contributed by atoms with Crippen LogP contribution in [-0.4, -0.2) is 43.0 Å². The lowest BCUT2D eigenvalue weighted by Crippen LogP contribution is -2.45. The topological polar surface area (TPSA) is 44.4 Å². The highest BCUT2D eigenvalue weighted by atomic mass is 35.5. The van der Waals surface area contributed by atoms with E-state index in [0.717, 1.165) is 57.4 Å². The predicted octanol–water partition coefficient (Wildman–Crippen LogP) is 2.56. The van der Waals surface area contributed by atoms with Gasteiger partial charge in [0.2, 0.25) is 5.91 Å². The maximum Gasteiger partial charge on any atom is 0.237 e. The Morgan fingerprint density at radius 1 is 1.33 bits per heavy atom. The van der Waals surface area contributed by atoms with Gasteiger partial charge < -0.3 is 10.6 Å². The number of rotatable bonds is 5. The lowest BCUT2D eigenvalue weighted by Gasteiger charge is -2.33. The molecule has 1 aromatic rings. The molecule has 0 bridgehead atoms. The summed E-state index contributed by atoms with van der Waals surface area (Å²) >= 11 is 5.93. The van der Waals surface area contributed by atoms with Crippen molar-refractivity contribution < 1.29 is 9.18 Å². The molecule has 2 heterocycles. The average molecular weight is 354 g/mol. The second-order valence-electron chi connectivity index (χ2n) is 6.92. The fraction of sp³-hybridized carbons (Fsp3) is 0.611. The third-order valence-corrected chi connectivity index (χ3v) is 5.09.